The second kappa shape index (κ2) is 10.6. The number of anilines is 1. The van der Waals surface area contributed by atoms with E-state index in [0.717, 1.165) is 50.2 Å². The second-order valence-corrected chi connectivity index (χ2v) is 8.81. The molecular weight excluding hydrogens is 440 g/mol. The Hall–Kier alpha value is -3.48. The van der Waals surface area contributed by atoms with Crippen molar-refractivity contribution in [2.45, 2.75) is 12.8 Å². The molecule has 0 saturated carbocycles. The number of fused-ring (bicyclic) bond motifs is 1. The Kier molecular flexibility index (Phi) is 6.98. The van der Waals surface area contributed by atoms with Crippen molar-refractivity contribution in [2.75, 3.05) is 31.6 Å². The van der Waals surface area contributed by atoms with Crippen LogP contribution in [0.25, 0.3) is 16.8 Å². The number of ether oxygens (including phenoxy) is 1. The van der Waals surface area contributed by atoms with Gasteiger partial charge in [-0.05, 0) is 59.3 Å². The zero-order valence-electron chi connectivity index (χ0n) is 19.0. The minimum absolute atomic E-state index is 0.471. The Balaban J connectivity index is 1.33. The van der Waals surface area contributed by atoms with E-state index < -0.39 is 0 Å². The molecular formula is C28H28N4OS. The third-order valence-electron chi connectivity index (χ3n) is 6.16. The van der Waals surface area contributed by atoms with Crippen molar-refractivity contribution in [3.8, 4) is 0 Å². The van der Waals surface area contributed by atoms with Crippen LogP contribution in [0.2, 0.25) is 0 Å². The van der Waals surface area contributed by atoms with Crippen molar-refractivity contribution >= 4 is 46.1 Å². The van der Waals surface area contributed by atoms with Crippen molar-refractivity contribution in [2.24, 2.45) is 5.10 Å². The van der Waals surface area contributed by atoms with Gasteiger partial charge >= 0.3 is 0 Å². The molecule has 0 spiro atoms. The van der Waals surface area contributed by atoms with Gasteiger partial charge in [-0.3, -0.25) is 5.43 Å². The first-order chi connectivity index (χ1) is 16.8. The fourth-order valence-corrected chi connectivity index (χ4v) is 4.74. The monoisotopic (exact) mass is 468 g/mol. The van der Waals surface area contributed by atoms with Crippen LogP contribution < -0.4 is 10.7 Å². The molecule has 5 nitrogen and oxygen atoms in total. The number of rotatable bonds is 5. The van der Waals surface area contributed by atoms with E-state index in [9.17, 15) is 0 Å². The van der Waals surface area contributed by atoms with Gasteiger partial charge in [-0.25, -0.2) is 0 Å². The first kappa shape index (κ1) is 22.3. The quantitative estimate of drug-likeness (QED) is 0.291. The smallest absolute Gasteiger partial charge is 0.191 e. The molecule has 0 aromatic heterocycles. The lowest BCUT2D eigenvalue weighted by Crippen LogP contribution is -2.36. The molecule has 172 valence electrons. The van der Waals surface area contributed by atoms with E-state index >= 15 is 0 Å². The Labute approximate surface area is 205 Å². The molecule has 1 heterocycles. The summed E-state index contributed by atoms with van der Waals surface area (Å²) in [6, 6.07) is 24.9. The fourth-order valence-electron chi connectivity index (χ4n) is 4.58. The predicted molar refractivity (Wildman–Crippen MR) is 145 cm³/mol. The maximum atomic E-state index is 5.59. The highest BCUT2D eigenvalue weighted by molar-refractivity contribution is 7.80. The van der Waals surface area contributed by atoms with E-state index in [1.165, 1.54) is 27.8 Å². The number of nitrogens with zero attached hydrogens (tertiary/aromatic N) is 2. The van der Waals surface area contributed by atoms with Crippen LogP contribution in [0.4, 0.5) is 5.69 Å². The number of hydrogen-bond donors (Lipinski definition) is 2. The van der Waals surface area contributed by atoms with Crippen LogP contribution in [0.1, 0.15) is 18.4 Å². The Morgan fingerprint density at radius 3 is 2.53 bits per heavy atom. The average molecular weight is 469 g/mol. The molecule has 0 unspecified atom stereocenters. The molecule has 1 saturated heterocycles. The maximum absolute atomic E-state index is 5.59. The summed E-state index contributed by atoms with van der Waals surface area (Å²) in [6.45, 7) is 3.30. The van der Waals surface area contributed by atoms with Gasteiger partial charge in [-0.1, -0.05) is 66.7 Å². The van der Waals surface area contributed by atoms with Gasteiger partial charge in [-0.2, -0.15) is 5.10 Å². The SMILES string of the molecule is S=C(N/N=C/C1=C(N2CCOCC2)C(=C/c2ccccc2)/CC1)Nc1cccc2ccccc12. The van der Waals surface area contributed by atoms with Crippen LogP contribution in [0.15, 0.2) is 94.7 Å². The van der Waals surface area contributed by atoms with Gasteiger partial charge in [0.25, 0.3) is 0 Å². The first-order valence-corrected chi connectivity index (χ1v) is 12.1. The molecule has 1 aliphatic carbocycles. The van der Waals surface area contributed by atoms with E-state index in [1.54, 1.807) is 0 Å². The predicted octanol–water partition coefficient (Wildman–Crippen LogP) is 5.58. The Bertz CT molecular complexity index is 1250. The molecule has 1 aliphatic heterocycles. The van der Waals surface area contributed by atoms with E-state index in [4.69, 9.17) is 17.0 Å². The number of hydrazone groups is 1. The molecule has 2 aliphatic rings. The largest absolute Gasteiger partial charge is 0.378 e. The van der Waals surface area contributed by atoms with E-state index in [2.05, 4.69) is 69.3 Å². The van der Waals surface area contributed by atoms with Crippen molar-refractivity contribution < 1.29 is 4.74 Å². The molecule has 5 rings (SSSR count). The highest BCUT2D eigenvalue weighted by Gasteiger charge is 2.25. The number of nitrogens with one attached hydrogen (secondary N) is 2. The van der Waals surface area contributed by atoms with Crippen LogP contribution in [-0.2, 0) is 4.74 Å². The molecule has 6 heteroatoms. The number of benzene rings is 3. The zero-order chi connectivity index (χ0) is 23.2. The summed E-state index contributed by atoms with van der Waals surface area (Å²) < 4.78 is 5.59. The van der Waals surface area contributed by atoms with E-state index in [0.29, 0.717) is 5.11 Å². The molecule has 0 atom stereocenters. The Morgan fingerprint density at radius 2 is 1.68 bits per heavy atom. The third kappa shape index (κ3) is 5.19. The van der Waals surface area contributed by atoms with Crippen molar-refractivity contribution in [1.29, 1.82) is 0 Å². The Morgan fingerprint density at radius 1 is 0.912 bits per heavy atom. The molecule has 0 bridgehead atoms. The molecule has 3 aromatic rings. The van der Waals surface area contributed by atoms with Crippen LogP contribution >= 0.6 is 12.2 Å². The summed E-state index contributed by atoms with van der Waals surface area (Å²) in [7, 11) is 0. The van der Waals surface area contributed by atoms with Crippen LogP contribution in [-0.4, -0.2) is 42.5 Å². The topological polar surface area (TPSA) is 48.9 Å². The zero-order valence-corrected chi connectivity index (χ0v) is 19.9. The number of allylic oxidation sites excluding steroid dienone is 2. The molecule has 3 aromatic carbocycles. The highest BCUT2D eigenvalue weighted by Crippen LogP contribution is 2.35. The first-order valence-electron chi connectivity index (χ1n) is 11.7. The number of hydrogen-bond acceptors (Lipinski definition) is 4. The molecule has 0 radical (unpaired) electrons. The van der Waals surface area contributed by atoms with Gasteiger partial charge in [0.2, 0.25) is 0 Å². The van der Waals surface area contributed by atoms with Gasteiger partial charge in [0, 0.05) is 29.9 Å². The third-order valence-corrected chi connectivity index (χ3v) is 6.36. The summed E-state index contributed by atoms with van der Waals surface area (Å²) >= 11 is 5.51. The van der Waals surface area contributed by atoms with E-state index in [-0.39, 0.29) is 0 Å². The fraction of sp³-hybridized carbons (Fsp3) is 0.214. The van der Waals surface area contributed by atoms with Crippen LogP contribution in [0.3, 0.4) is 0 Å². The lowest BCUT2D eigenvalue weighted by atomic mass is 10.1. The van der Waals surface area contributed by atoms with Crippen LogP contribution in [0.5, 0.6) is 0 Å². The summed E-state index contributed by atoms with van der Waals surface area (Å²) in [5.74, 6) is 0. The molecule has 2 N–H and O–H groups in total. The van der Waals surface area contributed by atoms with Gasteiger partial charge in [0.1, 0.15) is 0 Å². The number of thiocarbonyl (C=S) groups is 1. The average Bonchev–Trinajstić information content (AvgIpc) is 3.27. The van der Waals surface area contributed by atoms with Crippen molar-refractivity contribution in [1.82, 2.24) is 10.3 Å². The molecule has 34 heavy (non-hydrogen) atoms. The summed E-state index contributed by atoms with van der Waals surface area (Å²) in [5, 5.41) is 10.5. The maximum Gasteiger partial charge on any atom is 0.191 e. The highest BCUT2D eigenvalue weighted by atomic mass is 32.1. The summed E-state index contributed by atoms with van der Waals surface area (Å²) in [5.41, 5.74) is 9.05. The van der Waals surface area contributed by atoms with Crippen LogP contribution in [0, 0.1) is 0 Å². The molecule has 1 fully saturated rings. The molecule has 0 amide bonds. The minimum atomic E-state index is 0.471. The normalized spacial score (nSPS) is 17.6. The summed E-state index contributed by atoms with van der Waals surface area (Å²) in [6.07, 6.45) is 6.18. The van der Waals surface area contributed by atoms with E-state index in [1.807, 2.05) is 36.5 Å². The van der Waals surface area contributed by atoms with Gasteiger partial charge < -0.3 is 15.0 Å². The van der Waals surface area contributed by atoms with Gasteiger partial charge in [0.05, 0.1) is 19.4 Å². The van der Waals surface area contributed by atoms with Crippen molar-refractivity contribution in [3.05, 3.63) is 95.2 Å². The lowest BCUT2D eigenvalue weighted by Gasteiger charge is -2.31. The van der Waals surface area contributed by atoms with Crippen molar-refractivity contribution in [3.63, 3.8) is 0 Å². The standard InChI is InChI=1S/C28H28N4OS/c34-28(30-26-12-6-10-22-9-4-5-11-25(22)26)31-29-20-24-14-13-23(19-21-7-2-1-3-8-21)27(24)32-15-17-33-18-16-32/h1-12,19-20H,13-18H2,(H2,30,31,34)/b23-19+,29-20+. The van der Waals surface area contributed by atoms with Gasteiger partial charge in [-0.15, -0.1) is 0 Å². The lowest BCUT2D eigenvalue weighted by molar-refractivity contribution is 0.0548. The minimum Gasteiger partial charge on any atom is -0.378 e. The number of morpholine rings is 1. The van der Waals surface area contributed by atoms with Gasteiger partial charge in [0.15, 0.2) is 5.11 Å². The summed E-state index contributed by atoms with van der Waals surface area (Å²) in [4.78, 5) is 2.43. The second-order valence-electron chi connectivity index (χ2n) is 8.40.